The molecule has 1 aromatic heterocycles. The van der Waals surface area contributed by atoms with Gasteiger partial charge in [-0.15, -0.1) is 0 Å². The van der Waals surface area contributed by atoms with Gasteiger partial charge in [-0.2, -0.15) is 0 Å². The molecule has 4 heteroatoms. The van der Waals surface area contributed by atoms with Crippen LogP contribution >= 0.6 is 0 Å². The van der Waals surface area contributed by atoms with Crippen LogP contribution in [0.5, 0.6) is 0 Å². The lowest BCUT2D eigenvalue weighted by Gasteiger charge is -2.03. The first-order valence-corrected chi connectivity index (χ1v) is 6.51. The number of pyridine rings is 1. The third-order valence-electron chi connectivity index (χ3n) is 3.19. The van der Waals surface area contributed by atoms with Crippen molar-refractivity contribution in [1.82, 2.24) is 10.3 Å². The summed E-state index contributed by atoms with van der Waals surface area (Å²) < 4.78 is 0. The number of hydrogen-bond acceptors (Lipinski definition) is 3. The highest BCUT2D eigenvalue weighted by Gasteiger charge is 2.22. The van der Waals surface area contributed by atoms with Gasteiger partial charge in [-0.3, -0.25) is 9.78 Å². The van der Waals surface area contributed by atoms with Crippen LogP contribution in [0.3, 0.4) is 0 Å². The van der Waals surface area contributed by atoms with E-state index in [0.29, 0.717) is 12.1 Å². The van der Waals surface area contributed by atoms with Crippen molar-refractivity contribution in [2.24, 2.45) is 0 Å². The van der Waals surface area contributed by atoms with Gasteiger partial charge in [0.15, 0.2) is 0 Å². The van der Waals surface area contributed by atoms with Gasteiger partial charge < -0.3 is 10.6 Å². The maximum atomic E-state index is 11.9. The molecule has 1 aliphatic heterocycles. The fraction of sp³-hybridized carbons (Fsp3) is 0.125. The summed E-state index contributed by atoms with van der Waals surface area (Å²) >= 11 is 0. The Bertz CT molecular complexity index is 692. The molecule has 0 bridgehead atoms. The summed E-state index contributed by atoms with van der Waals surface area (Å²) in [4.78, 5) is 16.3. The molecule has 2 heterocycles. The summed E-state index contributed by atoms with van der Waals surface area (Å²) in [5, 5.41) is 6.00. The van der Waals surface area contributed by atoms with Gasteiger partial charge in [0, 0.05) is 23.1 Å². The van der Waals surface area contributed by atoms with Gasteiger partial charge in [-0.1, -0.05) is 24.3 Å². The van der Waals surface area contributed by atoms with E-state index in [4.69, 9.17) is 0 Å². The second-order valence-electron chi connectivity index (χ2n) is 4.71. The zero-order valence-corrected chi connectivity index (χ0v) is 11.2. The molecular formula is C16H15N3O. The van der Waals surface area contributed by atoms with E-state index in [1.54, 1.807) is 6.20 Å². The number of aryl methyl sites for hydroxylation is 1. The van der Waals surface area contributed by atoms with Gasteiger partial charge in [0.2, 0.25) is 0 Å². The van der Waals surface area contributed by atoms with Gasteiger partial charge in [-0.05, 0) is 25.1 Å². The zero-order valence-electron chi connectivity index (χ0n) is 11.2. The van der Waals surface area contributed by atoms with Crippen molar-refractivity contribution in [2.45, 2.75) is 13.5 Å². The van der Waals surface area contributed by atoms with Crippen molar-refractivity contribution in [3.8, 4) is 0 Å². The van der Waals surface area contributed by atoms with E-state index in [1.165, 1.54) is 0 Å². The Morgan fingerprint density at radius 3 is 2.90 bits per heavy atom. The molecule has 20 heavy (non-hydrogen) atoms. The minimum Gasteiger partial charge on any atom is -0.385 e. The molecule has 0 radical (unpaired) electrons. The third-order valence-corrected chi connectivity index (χ3v) is 3.19. The molecule has 0 spiro atoms. The Kier molecular flexibility index (Phi) is 3.21. The standard InChI is InChI=1S/C16H15N3O/c1-11-5-4-6-12(18-11)9-17-10-14-13-7-2-3-8-15(13)19-16(14)20/h2-8,10,17H,9H2,1H3,(H,19,20)/b14-10+. The SMILES string of the molecule is Cc1cccc(CN/C=C2/C(=O)Nc3ccccc32)n1. The monoisotopic (exact) mass is 265 g/mol. The van der Waals surface area contributed by atoms with Crippen molar-refractivity contribution >= 4 is 17.2 Å². The average Bonchev–Trinajstić information content (AvgIpc) is 2.75. The summed E-state index contributed by atoms with van der Waals surface area (Å²) in [6.07, 6.45) is 1.76. The Morgan fingerprint density at radius 2 is 2.05 bits per heavy atom. The molecule has 0 aliphatic carbocycles. The van der Waals surface area contributed by atoms with Gasteiger partial charge in [0.25, 0.3) is 5.91 Å². The number of aromatic nitrogens is 1. The Labute approximate surface area is 117 Å². The van der Waals surface area contributed by atoms with Crippen LogP contribution in [0.1, 0.15) is 17.0 Å². The zero-order chi connectivity index (χ0) is 13.9. The maximum Gasteiger partial charge on any atom is 0.257 e. The Morgan fingerprint density at radius 1 is 1.20 bits per heavy atom. The number of rotatable bonds is 3. The van der Waals surface area contributed by atoms with Crippen LogP contribution in [0, 0.1) is 6.92 Å². The van der Waals surface area contributed by atoms with E-state index in [2.05, 4.69) is 15.6 Å². The number of nitrogens with zero attached hydrogens (tertiary/aromatic N) is 1. The molecule has 0 atom stereocenters. The first-order chi connectivity index (χ1) is 9.74. The number of para-hydroxylation sites is 1. The minimum atomic E-state index is -0.0732. The van der Waals surface area contributed by atoms with Crippen LogP contribution in [0.4, 0.5) is 5.69 Å². The van der Waals surface area contributed by atoms with Crippen LogP contribution in [-0.2, 0) is 11.3 Å². The van der Waals surface area contributed by atoms with E-state index in [-0.39, 0.29) is 5.91 Å². The van der Waals surface area contributed by atoms with Crippen molar-refractivity contribution in [1.29, 1.82) is 0 Å². The molecule has 100 valence electrons. The second kappa shape index (κ2) is 5.17. The normalized spacial score (nSPS) is 15.1. The smallest absolute Gasteiger partial charge is 0.257 e. The van der Waals surface area contributed by atoms with E-state index < -0.39 is 0 Å². The number of anilines is 1. The quantitative estimate of drug-likeness (QED) is 0.838. The summed E-state index contributed by atoms with van der Waals surface area (Å²) in [5.74, 6) is -0.0732. The fourth-order valence-electron chi connectivity index (χ4n) is 2.24. The predicted octanol–water partition coefficient (Wildman–Crippen LogP) is 2.47. The van der Waals surface area contributed by atoms with Crippen LogP contribution < -0.4 is 10.6 Å². The van der Waals surface area contributed by atoms with Gasteiger partial charge in [0.1, 0.15) is 0 Å². The average molecular weight is 265 g/mol. The largest absolute Gasteiger partial charge is 0.385 e. The number of carbonyl (C=O) groups excluding carboxylic acids is 1. The van der Waals surface area contributed by atoms with Crippen molar-refractivity contribution < 1.29 is 4.79 Å². The predicted molar refractivity (Wildman–Crippen MR) is 78.9 cm³/mol. The minimum absolute atomic E-state index is 0.0732. The Balaban J connectivity index is 1.75. The molecular weight excluding hydrogens is 250 g/mol. The lowest BCUT2D eigenvalue weighted by atomic mass is 10.1. The molecule has 2 aromatic rings. The summed E-state index contributed by atoms with van der Waals surface area (Å²) in [6, 6.07) is 13.6. The first-order valence-electron chi connectivity index (χ1n) is 6.51. The second-order valence-corrected chi connectivity index (χ2v) is 4.71. The van der Waals surface area contributed by atoms with Crippen molar-refractivity contribution in [2.75, 3.05) is 5.32 Å². The number of hydrogen-bond donors (Lipinski definition) is 2. The molecule has 0 saturated heterocycles. The highest BCUT2D eigenvalue weighted by molar-refractivity contribution is 6.31. The number of benzene rings is 1. The van der Waals surface area contributed by atoms with Gasteiger partial charge in [0.05, 0.1) is 17.8 Å². The van der Waals surface area contributed by atoms with E-state index >= 15 is 0 Å². The van der Waals surface area contributed by atoms with Crippen LogP contribution in [0.2, 0.25) is 0 Å². The molecule has 3 rings (SSSR count). The fourth-order valence-corrected chi connectivity index (χ4v) is 2.24. The number of fused-ring (bicyclic) bond motifs is 1. The number of amides is 1. The molecule has 0 fully saturated rings. The van der Waals surface area contributed by atoms with Crippen molar-refractivity contribution in [3.63, 3.8) is 0 Å². The van der Waals surface area contributed by atoms with E-state index in [0.717, 1.165) is 22.6 Å². The highest BCUT2D eigenvalue weighted by atomic mass is 16.2. The molecule has 0 saturated carbocycles. The van der Waals surface area contributed by atoms with E-state index in [1.807, 2.05) is 49.4 Å². The molecule has 1 aromatic carbocycles. The molecule has 0 unspecified atom stereocenters. The molecule has 1 aliphatic rings. The molecule has 1 amide bonds. The van der Waals surface area contributed by atoms with Gasteiger partial charge in [-0.25, -0.2) is 0 Å². The van der Waals surface area contributed by atoms with E-state index in [9.17, 15) is 4.79 Å². The lowest BCUT2D eigenvalue weighted by molar-refractivity contribution is -0.110. The van der Waals surface area contributed by atoms with Gasteiger partial charge >= 0.3 is 0 Å². The van der Waals surface area contributed by atoms with Crippen LogP contribution in [0.15, 0.2) is 48.7 Å². The number of carbonyl (C=O) groups is 1. The summed E-state index contributed by atoms with van der Waals surface area (Å²) in [6.45, 7) is 2.56. The van der Waals surface area contributed by atoms with Crippen LogP contribution in [0.25, 0.3) is 5.57 Å². The first kappa shape index (κ1) is 12.4. The molecule has 4 nitrogen and oxygen atoms in total. The summed E-state index contributed by atoms with van der Waals surface area (Å²) in [5.41, 5.74) is 4.39. The Hall–Kier alpha value is -2.62. The van der Waals surface area contributed by atoms with Crippen molar-refractivity contribution in [3.05, 3.63) is 65.6 Å². The maximum absolute atomic E-state index is 11.9. The number of nitrogens with one attached hydrogen (secondary N) is 2. The van der Waals surface area contributed by atoms with Crippen LogP contribution in [-0.4, -0.2) is 10.9 Å². The lowest BCUT2D eigenvalue weighted by Crippen LogP contribution is -2.11. The summed E-state index contributed by atoms with van der Waals surface area (Å²) in [7, 11) is 0. The third kappa shape index (κ3) is 2.40. The topological polar surface area (TPSA) is 54.0 Å². The highest BCUT2D eigenvalue weighted by Crippen LogP contribution is 2.30. The molecule has 2 N–H and O–H groups in total.